The van der Waals surface area contributed by atoms with Gasteiger partial charge in [0.25, 0.3) is 0 Å². The predicted octanol–water partition coefficient (Wildman–Crippen LogP) is 1.07. The van der Waals surface area contributed by atoms with E-state index in [0.29, 0.717) is 5.56 Å². The number of nitrogens with two attached hydrogens (primary N) is 1. The Labute approximate surface area is 87.7 Å². The van der Waals surface area contributed by atoms with Crippen LogP contribution in [0.25, 0.3) is 0 Å². The summed E-state index contributed by atoms with van der Waals surface area (Å²) in [7, 11) is 0. The number of rotatable bonds is 2. The van der Waals surface area contributed by atoms with Crippen molar-refractivity contribution < 1.29 is 4.79 Å². The third kappa shape index (κ3) is 2.04. The van der Waals surface area contributed by atoms with Gasteiger partial charge in [-0.05, 0) is 18.2 Å². The van der Waals surface area contributed by atoms with Crippen molar-refractivity contribution in [1.82, 2.24) is 4.98 Å². The number of primary amides is 1. The van der Waals surface area contributed by atoms with Gasteiger partial charge in [-0.3, -0.25) is 4.79 Å². The number of anilines is 1. The summed E-state index contributed by atoms with van der Waals surface area (Å²) in [5, 5.41) is 0. The first-order valence-electron chi connectivity index (χ1n) is 4.63. The number of pyridine rings is 1. The Morgan fingerprint density at radius 2 is 2.27 bits per heavy atom. The molecule has 1 aliphatic heterocycles. The van der Waals surface area contributed by atoms with E-state index < -0.39 is 5.91 Å². The third-order valence-corrected chi connectivity index (χ3v) is 2.14. The van der Waals surface area contributed by atoms with Gasteiger partial charge in [-0.25, -0.2) is 4.98 Å². The highest BCUT2D eigenvalue weighted by molar-refractivity contribution is 5.92. The lowest BCUT2D eigenvalue weighted by Crippen LogP contribution is -2.19. The Balaban J connectivity index is 2.20. The van der Waals surface area contributed by atoms with E-state index in [1.807, 2.05) is 29.3 Å². The normalized spacial score (nSPS) is 14.3. The zero-order valence-corrected chi connectivity index (χ0v) is 8.13. The first-order chi connectivity index (χ1) is 7.27. The Hall–Kier alpha value is -2.10. The maximum Gasteiger partial charge on any atom is 0.250 e. The first kappa shape index (κ1) is 9.45. The van der Waals surface area contributed by atoms with E-state index in [9.17, 15) is 4.79 Å². The number of carbonyl (C=O) groups excluding carboxylic acids is 1. The molecule has 1 amide bonds. The van der Waals surface area contributed by atoms with Crippen LogP contribution in [-0.2, 0) is 0 Å². The number of carbonyl (C=O) groups is 1. The highest BCUT2D eigenvalue weighted by atomic mass is 16.1. The Kier molecular flexibility index (Phi) is 2.49. The van der Waals surface area contributed by atoms with E-state index in [2.05, 4.69) is 4.98 Å². The molecule has 4 heteroatoms. The fourth-order valence-electron chi connectivity index (χ4n) is 1.34. The molecule has 0 saturated heterocycles. The molecule has 1 aliphatic rings. The molecular formula is C11H11N3O. The second-order valence-corrected chi connectivity index (χ2v) is 3.19. The van der Waals surface area contributed by atoms with Crippen molar-refractivity contribution in [1.29, 1.82) is 0 Å². The van der Waals surface area contributed by atoms with Gasteiger partial charge >= 0.3 is 0 Å². The molecule has 0 aromatic carbocycles. The fourth-order valence-corrected chi connectivity index (χ4v) is 1.34. The van der Waals surface area contributed by atoms with Crippen LogP contribution in [0.2, 0.25) is 0 Å². The Morgan fingerprint density at radius 3 is 2.80 bits per heavy atom. The summed E-state index contributed by atoms with van der Waals surface area (Å²) in [6.45, 7) is 0.791. The summed E-state index contributed by atoms with van der Waals surface area (Å²) in [5.41, 5.74) is 5.55. The van der Waals surface area contributed by atoms with Crippen molar-refractivity contribution in [2.24, 2.45) is 5.73 Å². The summed E-state index contributed by atoms with van der Waals surface area (Å²) in [5.74, 6) is 0.351. The van der Waals surface area contributed by atoms with Crippen molar-refractivity contribution >= 4 is 11.7 Å². The molecule has 4 nitrogen and oxygen atoms in total. The quantitative estimate of drug-likeness (QED) is 0.778. The molecule has 0 saturated carbocycles. The van der Waals surface area contributed by atoms with Gasteiger partial charge in [0.1, 0.15) is 5.82 Å². The summed E-state index contributed by atoms with van der Waals surface area (Å²) < 4.78 is 0. The van der Waals surface area contributed by atoms with Crippen LogP contribution in [0.1, 0.15) is 10.4 Å². The van der Waals surface area contributed by atoms with E-state index in [-0.39, 0.29) is 0 Å². The van der Waals surface area contributed by atoms with Gasteiger partial charge in [0, 0.05) is 18.9 Å². The van der Waals surface area contributed by atoms with Gasteiger partial charge in [0.15, 0.2) is 0 Å². The number of hydrogen-bond acceptors (Lipinski definition) is 3. The van der Waals surface area contributed by atoms with Gasteiger partial charge in [-0.15, -0.1) is 0 Å². The van der Waals surface area contributed by atoms with Crippen LogP contribution in [0.5, 0.6) is 0 Å². The van der Waals surface area contributed by atoms with Crippen LogP contribution in [0, 0.1) is 0 Å². The number of hydrogen-bond donors (Lipinski definition) is 1. The molecule has 15 heavy (non-hydrogen) atoms. The van der Waals surface area contributed by atoms with Crippen molar-refractivity contribution in [3.63, 3.8) is 0 Å². The van der Waals surface area contributed by atoms with Gasteiger partial charge in [-0.2, -0.15) is 0 Å². The summed E-state index contributed by atoms with van der Waals surface area (Å²) in [6.07, 6.45) is 9.38. The van der Waals surface area contributed by atoms with Gasteiger partial charge in [-0.1, -0.05) is 12.2 Å². The molecule has 2 heterocycles. The standard InChI is InChI=1S/C11H11N3O/c12-11(15)9-4-5-10(13-8-9)14-6-2-1-3-7-14/h1-6,8H,7H2,(H2,12,15). The molecule has 1 aromatic heterocycles. The zero-order valence-electron chi connectivity index (χ0n) is 8.13. The van der Waals surface area contributed by atoms with Crippen LogP contribution in [0.4, 0.5) is 5.82 Å². The second kappa shape index (κ2) is 3.96. The molecule has 0 aliphatic carbocycles. The minimum atomic E-state index is -0.455. The van der Waals surface area contributed by atoms with Gasteiger partial charge in [0.2, 0.25) is 5.91 Å². The maximum atomic E-state index is 10.8. The van der Waals surface area contributed by atoms with Crippen LogP contribution in [0.3, 0.4) is 0 Å². The molecule has 0 radical (unpaired) electrons. The highest BCUT2D eigenvalue weighted by Gasteiger charge is 2.06. The van der Waals surface area contributed by atoms with Crippen LogP contribution >= 0.6 is 0 Å². The maximum absolute atomic E-state index is 10.8. The number of allylic oxidation sites excluding steroid dienone is 2. The lowest BCUT2D eigenvalue weighted by Gasteiger charge is -2.19. The molecule has 0 bridgehead atoms. The largest absolute Gasteiger partial charge is 0.366 e. The Morgan fingerprint density at radius 1 is 1.40 bits per heavy atom. The fraction of sp³-hybridized carbons (Fsp3) is 0.0909. The Bertz CT molecular complexity index is 420. The van der Waals surface area contributed by atoms with E-state index in [1.54, 1.807) is 12.1 Å². The summed E-state index contributed by atoms with van der Waals surface area (Å²) in [6, 6.07) is 3.46. The molecule has 2 rings (SSSR count). The van der Waals surface area contributed by atoms with E-state index >= 15 is 0 Å². The van der Waals surface area contributed by atoms with E-state index in [1.165, 1.54) is 6.20 Å². The van der Waals surface area contributed by atoms with Crippen LogP contribution in [-0.4, -0.2) is 17.4 Å². The van der Waals surface area contributed by atoms with Crippen LogP contribution < -0.4 is 10.6 Å². The topological polar surface area (TPSA) is 59.2 Å². The number of nitrogens with zero attached hydrogens (tertiary/aromatic N) is 2. The minimum absolute atomic E-state index is 0.426. The van der Waals surface area contributed by atoms with Crippen LogP contribution in [0.15, 0.2) is 42.8 Å². The minimum Gasteiger partial charge on any atom is -0.366 e. The second-order valence-electron chi connectivity index (χ2n) is 3.19. The lowest BCUT2D eigenvalue weighted by molar-refractivity contribution is 0.1000. The van der Waals surface area contributed by atoms with Crippen molar-refractivity contribution in [2.45, 2.75) is 0 Å². The molecule has 76 valence electrons. The van der Waals surface area contributed by atoms with E-state index in [0.717, 1.165) is 12.4 Å². The first-order valence-corrected chi connectivity index (χ1v) is 4.63. The smallest absolute Gasteiger partial charge is 0.250 e. The summed E-state index contributed by atoms with van der Waals surface area (Å²) in [4.78, 5) is 17.0. The predicted molar refractivity (Wildman–Crippen MR) is 58.4 cm³/mol. The van der Waals surface area contributed by atoms with E-state index in [4.69, 9.17) is 5.73 Å². The highest BCUT2D eigenvalue weighted by Crippen LogP contribution is 2.13. The average Bonchev–Trinajstić information content (AvgIpc) is 2.30. The molecule has 0 unspecified atom stereocenters. The molecule has 0 atom stereocenters. The summed E-state index contributed by atoms with van der Waals surface area (Å²) >= 11 is 0. The molecular weight excluding hydrogens is 190 g/mol. The zero-order chi connectivity index (χ0) is 10.7. The molecule has 2 N–H and O–H groups in total. The third-order valence-electron chi connectivity index (χ3n) is 2.14. The van der Waals surface area contributed by atoms with Crippen molar-refractivity contribution in [3.05, 3.63) is 48.3 Å². The van der Waals surface area contributed by atoms with Crippen molar-refractivity contribution in [2.75, 3.05) is 11.4 Å². The van der Waals surface area contributed by atoms with Crippen molar-refractivity contribution in [3.8, 4) is 0 Å². The number of amides is 1. The molecule has 0 spiro atoms. The molecule has 0 fully saturated rings. The average molecular weight is 201 g/mol. The SMILES string of the molecule is NC(=O)c1ccc(N2C=CC=CC2)nc1. The monoisotopic (exact) mass is 201 g/mol. The number of aromatic nitrogens is 1. The van der Waals surface area contributed by atoms with Gasteiger partial charge in [0.05, 0.1) is 5.56 Å². The lowest BCUT2D eigenvalue weighted by atomic mass is 10.2. The molecule has 1 aromatic rings. The van der Waals surface area contributed by atoms with Gasteiger partial charge < -0.3 is 10.6 Å².